The fourth-order valence-corrected chi connectivity index (χ4v) is 2.41. The van der Waals surface area contributed by atoms with Crippen molar-refractivity contribution < 1.29 is 9.53 Å². The Hall–Kier alpha value is -1.39. The van der Waals surface area contributed by atoms with Crippen molar-refractivity contribution in [1.82, 2.24) is 0 Å². The highest BCUT2D eigenvalue weighted by molar-refractivity contribution is 6.05. The van der Waals surface area contributed by atoms with Crippen molar-refractivity contribution in [2.24, 2.45) is 5.73 Å². The number of hydrogen-bond acceptors (Lipinski definition) is 3. The predicted octanol–water partition coefficient (Wildman–Crippen LogP) is 1.30. The SMILES string of the molecule is COCCN1C(=O)C(N)c2c(C)cc(C)cc21. The van der Waals surface area contributed by atoms with Crippen molar-refractivity contribution in [1.29, 1.82) is 0 Å². The molecule has 1 aromatic carbocycles. The highest BCUT2D eigenvalue weighted by Crippen LogP contribution is 2.37. The third-order valence-electron chi connectivity index (χ3n) is 3.16. The molecule has 0 saturated heterocycles. The van der Waals surface area contributed by atoms with Crippen LogP contribution < -0.4 is 10.6 Å². The van der Waals surface area contributed by atoms with Gasteiger partial charge in [0.1, 0.15) is 6.04 Å². The zero-order valence-corrected chi connectivity index (χ0v) is 10.5. The second-order valence-electron chi connectivity index (χ2n) is 4.47. The van der Waals surface area contributed by atoms with Crippen LogP contribution >= 0.6 is 0 Å². The Bertz CT molecular complexity index is 457. The first-order chi connectivity index (χ1) is 8.06. The lowest BCUT2D eigenvalue weighted by Gasteiger charge is -2.17. The van der Waals surface area contributed by atoms with Gasteiger partial charge in [0.05, 0.1) is 6.61 Å². The van der Waals surface area contributed by atoms with Crippen molar-refractivity contribution in [2.75, 3.05) is 25.2 Å². The molecule has 1 amide bonds. The van der Waals surface area contributed by atoms with Crippen molar-refractivity contribution in [3.05, 3.63) is 28.8 Å². The molecule has 0 fully saturated rings. The van der Waals surface area contributed by atoms with E-state index in [2.05, 4.69) is 6.07 Å². The Morgan fingerprint density at radius 3 is 2.76 bits per heavy atom. The van der Waals surface area contributed by atoms with E-state index in [4.69, 9.17) is 10.5 Å². The molecule has 2 N–H and O–H groups in total. The maximum Gasteiger partial charge on any atom is 0.248 e. The molecule has 17 heavy (non-hydrogen) atoms. The molecular weight excluding hydrogens is 216 g/mol. The molecule has 1 heterocycles. The van der Waals surface area contributed by atoms with Crippen LogP contribution in [0.3, 0.4) is 0 Å². The van der Waals surface area contributed by atoms with E-state index in [9.17, 15) is 4.79 Å². The lowest BCUT2D eigenvalue weighted by atomic mass is 10.0. The van der Waals surface area contributed by atoms with Crippen LogP contribution in [-0.4, -0.2) is 26.2 Å². The van der Waals surface area contributed by atoms with Gasteiger partial charge >= 0.3 is 0 Å². The summed E-state index contributed by atoms with van der Waals surface area (Å²) in [7, 11) is 1.63. The first kappa shape index (κ1) is 12.1. The van der Waals surface area contributed by atoms with Crippen LogP contribution in [0.4, 0.5) is 5.69 Å². The van der Waals surface area contributed by atoms with Gasteiger partial charge in [0.2, 0.25) is 5.91 Å². The molecule has 0 spiro atoms. The van der Waals surface area contributed by atoms with Gasteiger partial charge in [-0.05, 0) is 31.0 Å². The molecule has 2 rings (SSSR count). The highest BCUT2D eigenvalue weighted by atomic mass is 16.5. The zero-order valence-electron chi connectivity index (χ0n) is 10.5. The average molecular weight is 234 g/mol. The monoisotopic (exact) mass is 234 g/mol. The smallest absolute Gasteiger partial charge is 0.248 e. The number of fused-ring (bicyclic) bond motifs is 1. The number of rotatable bonds is 3. The Morgan fingerprint density at radius 2 is 2.12 bits per heavy atom. The van der Waals surface area contributed by atoms with E-state index in [0.29, 0.717) is 13.2 Å². The number of methoxy groups -OCH3 is 1. The number of anilines is 1. The first-order valence-electron chi connectivity index (χ1n) is 5.73. The molecule has 0 aliphatic carbocycles. The van der Waals surface area contributed by atoms with Crippen LogP contribution in [0.2, 0.25) is 0 Å². The average Bonchev–Trinajstić information content (AvgIpc) is 2.49. The number of carbonyl (C=O) groups is 1. The quantitative estimate of drug-likeness (QED) is 0.857. The Balaban J connectivity index is 2.44. The van der Waals surface area contributed by atoms with Crippen molar-refractivity contribution in [3.63, 3.8) is 0 Å². The van der Waals surface area contributed by atoms with Gasteiger partial charge in [0.15, 0.2) is 0 Å². The van der Waals surface area contributed by atoms with Crippen LogP contribution in [0, 0.1) is 13.8 Å². The summed E-state index contributed by atoms with van der Waals surface area (Å²) < 4.78 is 5.03. The largest absolute Gasteiger partial charge is 0.383 e. The van der Waals surface area contributed by atoms with E-state index in [0.717, 1.165) is 22.4 Å². The molecule has 1 aromatic rings. The van der Waals surface area contributed by atoms with Crippen LogP contribution in [-0.2, 0) is 9.53 Å². The van der Waals surface area contributed by atoms with Crippen molar-refractivity contribution in [3.8, 4) is 0 Å². The third kappa shape index (κ3) is 1.94. The van der Waals surface area contributed by atoms with E-state index >= 15 is 0 Å². The summed E-state index contributed by atoms with van der Waals surface area (Å²) in [6.45, 7) is 5.10. The van der Waals surface area contributed by atoms with E-state index < -0.39 is 6.04 Å². The van der Waals surface area contributed by atoms with Gasteiger partial charge in [-0.15, -0.1) is 0 Å². The second kappa shape index (κ2) is 4.47. The molecule has 0 aromatic heterocycles. The normalized spacial score (nSPS) is 18.7. The van der Waals surface area contributed by atoms with Crippen LogP contribution in [0.15, 0.2) is 12.1 Å². The Kier molecular flexibility index (Phi) is 3.17. The molecule has 1 unspecified atom stereocenters. The van der Waals surface area contributed by atoms with E-state index in [1.54, 1.807) is 12.0 Å². The summed E-state index contributed by atoms with van der Waals surface area (Å²) in [5.74, 6) is -0.0363. The number of amides is 1. The molecule has 1 aliphatic heterocycles. The summed E-state index contributed by atoms with van der Waals surface area (Å²) in [4.78, 5) is 13.8. The number of nitrogens with two attached hydrogens (primary N) is 1. The summed E-state index contributed by atoms with van der Waals surface area (Å²) in [6.07, 6.45) is 0. The van der Waals surface area contributed by atoms with E-state index in [1.807, 2.05) is 19.9 Å². The second-order valence-corrected chi connectivity index (χ2v) is 4.47. The van der Waals surface area contributed by atoms with Gasteiger partial charge < -0.3 is 15.4 Å². The van der Waals surface area contributed by atoms with Crippen molar-refractivity contribution >= 4 is 11.6 Å². The molecule has 1 aliphatic rings. The molecule has 0 bridgehead atoms. The third-order valence-corrected chi connectivity index (χ3v) is 3.16. The van der Waals surface area contributed by atoms with Gasteiger partial charge in [-0.2, -0.15) is 0 Å². The number of nitrogens with zero attached hydrogens (tertiary/aromatic N) is 1. The molecule has 0 saturated carbocycles. The van der Waals surface area contributed by atoms with Gasteiger partial charge in [0, 0.05) is 24.9 Å². The molecule has 4 nitrogen and oxygen atoms in total. The predicted molar refractivity (Wildman–Crippen MR) is 67.1 cm³/mol. The maximum absolute atomic E-state index is 12.1. The summed E-state index contributed by atoms with van der Waals surface area (Å²) in [5.41, 5.74) is 10.1. The lowest BCUT2D eigenvalue weighted by molar-refractivity contribution is -0.119. The van der Waals surface area contributed by atoms with Gasteiger partial charge in [-0.1, -0.05) is 6.07 Å². The maximum atomic E-state index is 12.1. The molecule has 1 atom stereocenters. The fraction of sp³-hybridized carbons (Fsp3) is 0.462. The van der Waals surface area contributed by atoms with Crippen LogP contribution in [0.25, 0.3) is 0 Å². The van der Waals surface area contributed by atoms with E-state index in [-0.39, 0.29) is 5.91 Å². The molecule has 0 radical (unpaired) electrons. The fourth-order valence-electron chi connectivity index (χ4n) is 2.41. The van der Waals surface area contributed by atoms with Crippen LogP contribution in [0.5, 0.6) is 0 Å². The molecule has 92 valence electrons. The number of ether oxygens (including phenoxy) is 1. The number of benzene rings is 1. The van der Waals surface area contributed by atoms with Gasteiger partial charge in [-0.25, -0.2) is 0 Å². The van der Waals surface area contributed by atoms with Gasteiger partial charge in [-0.3, -0.25) is 4.79 Å². The minimum absolute atomic E-state index is 0.0363. The Labute approximate surface area is 101 Å². The minimum atomic E-state index is -0.526. The lowest BCUT2D eigenvalue weighted by Crippen LogP contribution is -2.34. The van der Waals surface area contributed by atoms with E-state index in [1.165, 1.54) is 0 Å². The summed E-state index contributed by atoms with van der Waals surface area (Å²) in [6, 6.07) is 3.55. The number of carbonyl (C=O) groups excluding carboxylic acids is 1. The Morgan fingerprint density at radius 1 is 1.41 bits per heavy atom. The highest BCUT2D eigenvalue weighted by Gasteiger charge is 2.35. The van der Waals surface area contributed by atoms with Crippen LogP contribution in [0.1, 0.15) is 22.7 Å². The standard InChI is InChI=1S/C13H18N2O2/c1-8-6-9(2)11-10(7-8)15(4-5-17-3)13(16)12(11)14/h6-7,12H,4-5,14H2,1-3H3. The molecule has 4 heteroatoms. The first-order valence-corrected chi connectivity index (χ1v) is 5.73. The number of aryl methyl sites for hydroxylation is 2. The number of hydrogen-bond donors (Lipinski definition) is 1. The summed E-state index contributed by atoms with van der Waals surface area (Å²) in [5, 5.41) is 0. The summed E-state index contributed by atoms with van der Waals surface area (Å²) >= 11 is 0. The molecular formula is C13H18N2O2. The minimum Gasteiger partial charge on any atom is -0.383 e. The van der Waals surface area contributed by atoms with Gasteiger partial charge in [0.25, 0.3) is 0 Å². The zero-order chi connectivity index (χ0) is 12.6. The van der Waals surface area contributed by atoms with Crippen molar-refractivity contribution in [2.45, 2.75) is 19.9 Å². The topological polar surface area (TPSA) is 55.6 Å².